The maximum absolute atomic E-state index is 4.23. The molecule has 1 fully saturated rings. The topological polar surface area (TPSA) is 12.9 Å². The van der Waals surface area contributed by atoms with E-state index in [1.54, 1.807) is 0 Å². The van der Waals surface area contributed by atoms with E-state index in [1.807, 2.05) is 6.20 Å². The van der Waals surface area contributed by atoms with Gasteiger partial charge in [0.2, 0.25) is 0 Å². The Balaban J connectivity index is 2.44. The lowest BCUT2D eigenvalue weighted by atomic mass is 9.90. The summed E-state index contributed by atoms with van der Waals surface area (Å²) in [6, 6.07) is 2.17. The number of pyridine rings is 1. The van der Waals surface area contributed by atoms with E-state index in [4.69, 9.17) is 0 Å². The van der Waals surface area contributed by atoms with Crippen LogP contribution in [0.4, 0.5) is 0 Å². The SMILES string of the molecule is CC(C)c1ccncc1C1(C)CC1. The molecule has 1 aliphatic carbocycles. The molecule has 0 radical (unpaired) electrons. The van der Waals surface area contributed by atoms with Crippen LogP contribution in [-0.4, -0.2) is 4.98 Å². The van der Waals surface area contributed by atoms with Crippen molar-refractivity contribution in [2.75, 3.05) is 0 Å². The Bertz CT molecular complexity index is 311. The fourth-order valence-electron chi connectivity index (χ4n) is 1.87. The van der Waals surface area contributed by atoms with E-state index in [-0.39, 0.29) is 0 Å². The third-order valence-corrected chi connectivity index (χ3v) is 3.13. The summed E-state index contributed by atoms with van der Waals surface area (Å²) in [5.41, 5.74) is 3.41. The van der Waals surface area contributed by atoms with E-state index in [1.165, 1.54) is 24.0 Å². The summed E-state index contributed by atoms with van der Waals surface area (Å²) in [5.74, 6) is 0.621. The van der Waals surface area contributed by atoms with Gasteiger partial charge in [0.15, 0.2) is 0 Å². The Hall–Kier alpha value is -0.850. The molecule has 0 spiro atoms. The van der Waals surface area contributed by atoms with E-state index in [2.05, 4.69) is 38.0 Å². The van der Waals surface area contributed by atoms with Gasteiger partial charge in [-0.25, -0.2) is 0 Å². The molecule has 1 saturated carbocycles. The van der Waals surface area contributed by atoms with Gasteiger partial charge in [0.05, 0.1) is 0 Å². The second-order valence-corrected chi connectivity index (χ2v) is 4.68. The molecule has 1 aromatic heterocycles. The minimum atomic E-state index is 0.452. The van der Waals surface area contributed by atoms with E-state index in [9.17, 15) is 0 Å². The summed E-state index contributed by atoms with van der Waals surface area (Å²) in [4.78, 5) is 4.23. The van der Waals surface area contributed by atoms with Gasteiger partial charge in [-0.2, -0.15) is 0 Å². The van der Waals surface area contributed by atoms with Crippen LogP contribution in [0.25, 0.3) is 0 Å². The second-order valence-electron chi connectivity index (χ2n) is 4.68. The highest BCUT2D eigenvalue weighted by molar-refractivity contribution is 5.36. The standard InChI is InChI=1S/C12H17N/c1-9(2)10-4-7-13-8-11(10)12(3)5-6-12/h4,7-9H,5-6H2,1-3H3. The first kappa shape index (κ1) is 8.74. The molecule has 13 heavy (non-hydrogen) atoms. The summed E-state index contributed by atoms with van der Waals surface area (Å²) in [6.45, 7) is 6.85. The molecule has 1 heterocycles. The van der Waals surface area contributed by atoms with Crippen molar-refractivity contribution in [2.24, 2.45) is 0 Å². The van der Waals surface area contributed by atoms with Gasteiger partial charge in [0.25, 0.3) is 0 Å². The number of nitrogens with zero attached hydrogens (tertiary/aromatic N) is 1. The summed E-state index contributed by atoms with van der Waals surface area (Å²) in [6.07, 6.45) is 6.63. The van der Waals surface area contributed by atoms with Crippen molar-refractivity contribution in [3.63, 3.8) is 0 Å². The van der Waals surface area contributed by atoms with Gasteiger partial charge < -0.3 is 0 Å². The molecule has 1 aromatic rings. The summed E-state index contributed by atoms with van der Waals surface area (Å²) >= 11 is 0. The largest absolute Gasteiger partial charge is 0.264 e. The van der Waals surface area contributed by atoms with Crippen LogP contribution in [0.2, 0.25) is 0 Å². The second kappa shape index (κ2) is 2.83. The lowest BCUT2D eigenvalue weighted by Gasteiger charge is -2.16. The van der Waals surface area contributed by atoms with Gasteiger partial charge >= 0.3 is 0 Å². The van der Waals surface area contributed by atoms with Crippen molar-refractivity contribution in [1.29, 1.82) is 0 Å². The molecular weight excluding hydrogens is 158 g/mol. The Morgan fingerprint density at radius 2 is 2.08 bits per heavy atom. The fourth-order valence-corrected chi connectivity index (χ4v) is 1.87. The van der Waals surface area contributed by atoms with Crippen LogP contribution in [0.1, 0.15) is 50.7 Å². The van der Waals surface area contributed by atoms with E-state index >= 15 is 0 Å². The van der Waals surface area contributed by atoms with Gasteiger partial charge in [-0.15, -0.1) is 0 Å². The van der Waals surface area contributed by atoms with Crippen molar-refractivity contribution in [3.05, 3.63) is 29.6 Å². The van der Waals surface area contributed by atoms with Gasteiger partial charge in [-0.05, 0) is 41.4 Å². The highest BCUT2D eigenvalue weighted by Crippen LogP contribution is 2.49. The lowest BCUT2D eigenvalue weighted by molar-refractivity contribution is 0.735. The van der Waals surface area contributed by atoms with E-state index in [0.29, 0.717) is 11.3 Å². The zero-order valence-electron chi connectivity index (χ0n) is 8.67. The fraction of sp³-hybridized carbons (Fsp3) is 0.583. The molecule has 0 saturated heterocycles. The molecule has 70 valence electrons. The summed E-state index contributed by atoms with van der Waals surface area (Å²) < 4.78 is 0. The highest BCUT2D eigenvalue weighted by Gasteiger charge is 2.40. The first-order valence-corrected chi connectivity index (χ1v) is 5.08. The molecule has 0 bridgehead atoms. The van der Waals surface area contributed by atoms with Crippen molar-refractivity contribution < 1.29 is 0 Å². The first-order valence-electron chi connectivity index (χ1n) is 5.08. The molecule has 0 aromatic carbocycles. The third kappa shape index (κ3) is 1.48. The predicted molar refractivity (Wildman–Crippen MR) is 54.9 cm³/mol. The van der Waals surface area contributed by atoms with Gasteiger partial charge in [0.1, 0.15) is 0 Å². The number of hydrogen-bond acceptors (Lipinski definition) is 1. The van der Waals surface area contributed by atoms with Crippen molar-refractivity contribution in [3.8, 4) is 0 Å². The Morgan fingerprint density at radius 3 is 2.62 bits per heavy atom. The zero-order valence-corrected chi connectivity index (χ0v) is 8.67. The quantitative estimate of drug-likeness (QED) is 0.672. The molecular formula is C12H17N. The minimum Gasteiger partial charge on any atom is -0.264 e. The summed E-state index contributed by atoms with van der Waals surface area (Å²) in [7, 11) is 0. The molecule has 2 rings (SSSR count). The Labute approximate surface area is 80.2 Å². The Morgan fingerprint density at radius 1 is 1.38 bits per heavy atom. The maximum Gasteiger partial charge on any atom is 0.0308 e. The monoisotopic (exact) mass is 175 g/mol. The average Bonchev–Trinajstić information content (AvgIpc) is 2.85. The highest BCUT2D eigenvalue weighted by atomic mass is 14.6. The van der Waals surface area contributed by atoms with E-state index < -0.39 is 0 Å². The zero-order chi connectivity index (χ0) is 9.47. The van der Waals surface area contributed by atoms with Crippen molar-refractivity contribution in [1.82, 2.24) is 4.98 Å². The van der Waals surface area contributed by atoms with Crippen molar-refractivity contribution >= 4 is 0 Å². The smallest absolute Gasteiger partial charge is 0.0308 e. The molecule has 1 aliphatic rings. The number of hydrogen-bond donors (Lipinski definition) is 0. The average molecular weight is 175 g/mol. The first-order chi connectivity index (χ1) is 6.13. The van der Waals surface area contributed by atoms with Crippen LogP contribution in [0.15, 0.2) is 18.5 Å². The minimum absolute atomic E-state index is 0.452. The Kier molecular flexibility index (Phi) is 1.90. The molecule has 0 amide bonds. The lowest BCUT2D eigenvalue weighted by Crippen LogP contribution is -2.06. The molecule has 1 nitrogen and oxygen atoms in total. The molecule has 0 atom stereocenters. The van der Waals surface area contributed by atoms with E-state index in [0.717, 1.165) is 0 Å². The molecule has 1 heteroatoms. The summed E-state index contributed by atoms with van der Waals surface area (Å²) in [5, 5.41) is 0. The van der Waals surface area contributed by atoms with Gasteiger partial charge in [-0.1, -0.05) is 20.8 Å². The molecule has 0 unspecified atom stereocenters. The van der Waals surface area contributed by atoms with Crippen LogP contribution in [-0.2, 0) is 5.41 Å². The number of rotatable bonds is 2. The predicted octanol–water partition coefficient (Wildman–Crippen LogP) is 3.26. The van der Waals surface area contributed by atoms with Gasteiger partial charge in [-0.3, -0.25) is 4.98 Å². The normalized spacial score (nSPS) is 19.1. The van der Waals surface area contributed by atoms with Crippen LogP contribution >= 0.6 is 0 Å². The van der Waals surface area contributed by atoms with Crippen LogP contribution in [0.3, 0.4) is 0 Å². The van der Waals surface area contributed by atoms with Gasteiger partial charge in [0, 0.05) is 12.4 Å². The maximum atomic E-state index is 4.23. The third-order valence-electron chi connectivity index (χ3n) is 3.13. The molecule has 0 N–H and O–H groups in total. The van der Waals surface area contributed by atoms with Crippen molar-refractivity contribution in [2.45, 2.75) is 44.9 Å². The number of aromatic nitrogens is 1. The van der Waals surface area contributed by atoms with Crippen LogP contribution < -0.4 is 0 Å². The molecule has 0 aliphatic heterocycles. The van der Waals surface area contributed by atoms with Crippen LogP contribution in [0.5, 0.6) is 0 Å². The van der Waals surface area contributed by atoms with Crippen LogP contribution in [0, 0.1) is 0 Å².